The molecule has 1 saturated heterocycles. The number of methoxy groups -OCH3 is 1. The molecule has 0 aliphatic carbocycles. The number of nitrogens with zero attached hydrogens (tertiary/aromatic N) is 1. The molecule has 0 spiro atoms. The number of hydrogen-bond acceptors (Lipinski definition) is 5. The van der Waals surface area contributed by atoms with Gasteiger partial charge in [0.2, 0.25) is 0 Å². The molecule has 1 aliphatic rings. The fraction of sp³-hybridized carbons (Fsp3) is 0.292. The van der Waals surface area contributed by atoms with E-state index in [-0.39, 0.29) is 11.7 Å². The highest BCUT2D eigenvalue weighted by Gasteiger charge is 2.28. The summed E-state index contributed by atoms with van der Waals surface area (Å²) in [7, 11) is 1.31. The number of rotatable bonds is 7. The van der Waals surface area contributed by atoms with Gasteiger partial charge in [0.05, 0.1) is 6.54 Å². The molecule has 2 aromatic carbocycles. The number of anilines is 1. The molecule has 0 radical (unpaired) electrons. The van der Waals surface area contributed by atoms with Crippen LogP contribution in [0.2, 0.25) is 0 Å². The molecule has 1 fully saturated rings. The van der Waals surface area contributed by atoms with Crippen molar-refractivity contribution in [2.24, 2.45) is 5.73 Å². The third kappa shape index (κ3) is 5.45. The van der Waals surface area contributed by atoms with Crippen LogP contribution < -0.4 is 11.1 Å². The molecule has 1 amide bonds. The molecule has 32 heavy (non-hydrogen) atoms. The SMILES string of the molecule is COC(C(=O)O)c1cc(C#CCNc2ccc(C(=N)N)cc2)ccc1C(=O)N1CCCC1. The first-order valence-corrected chi connectivity index (χ1v) is 10.3. The Labute approximate surface area is 186 Å². The van der Waals surface area contributed by atoms with Crippen LogP contribution in [-0.2, 0) is 9.53 Å². The number of hydrogen-bond donors (Lipinski definition) is 4. The Hall–Kier alpha value is -3.83. The van der Waals surface area contributed by atoms with E-state index in [4.69, 9.17) is 15.9 Å². The molecule has 1 aliphatic heterocycles. The van der Waals surface area contributed by atoms with Crippen molar-refractivity contribution in [3.8, 4) is 11.8 Å². The smallest absolute Gasteiger partial charge is 0.337 e. The van der Waals surface area contributed by atoms with Crippen molar-refractivity contribution >= 4 is 23.4 Å². The number of nitrogens with one attached hydrogen (secondary N) is 2. The highest BCUT2D eigenvalue weighted by molar-refractivity contribution is 5.97. The van der Waals surface area contributed by atoms with Crippen LogP contribution in [0.1, 0.15) is 46.0 Å². The largest absolute Gasteiger partial charge is 0.479 e. The van der Waals surface area contributed by atoms with Crippen LogP contribution in [0.3, 0.4) is 0 Å². The third-order valence-corrected chi connectivity index (χ3v) is 5.23. The molecule has 2 aromatic rings. The molecule has 3 rings (SSSR count). The van der Waals surface area contributed by atoms with Gasteiger partial charge in [-0.25, -0.2) is 4.79 Å². The number of nitrogens with two attached hydrogens (primary N) is 1. The highest BCUT2D eigenvalue weighted by atomic mass is 16.5. The zero-order valence-corrected chi connectivity index (χ0v) is 17.9. The van der Waals surface area contributed by atoms with Crippen LogP contribution in [0.4, 0.5) is 5.69 Å². The molecule has 0 saturated carbocycles. The third-order valence-electron chi connectivity index (χ3n) is 5.23. The van der Waals surface area contributed by atoms with Gasteiger partial charge < -0.3 is 25.8 Å². The number of carboxylic acids is 1. The summed E-state index contributed by atoms with van der Waals surface area (Å²) < 4.78 is 5.16. The summed E-state index contributed by atoms with van der Waals surface area (Å²) >= 11 is 0. The van der Waals surface area contributed by atoms with Gasteiger partial charge in [-0.1, -0.05) is 11.8 Å². The summed E-state index contributed by atoms with van der Waals surface area (Å²) in [5, 5.41) is 20.1. The van der Waals surface area contributed by atoms with Crippen molar-refractivity contribution in [3.05, 3.63) is 64.7 Å². The van der Waals surface area contributed by atoms with Gasteiger partial charge >= 0.3 is 5.97 Å². The number of nitrogen functional groups attached to an aromatic ring is 1. The van der Waals surface area contributed by atoms with Crippen molar-refractivity contribution < 1.29 is 19.4 Å². The van der Waals surface area contributed by atoms with Gasteiger partial charge in [-0.3, -0.25) is 10.2 Å². The predicted molar refractivity (Wildman–Crippen MR) is 122 cm³/mol. The molecule has 1 unspecified atom stereocenters. The number of benzene rings is 2. The summed E-state index contributed by atoms with van der Waals surface area (Å²) in [6.07, 6.45) is 0.639. The van der Waals surface area contributed by atoms with E-state index in [9.17, 15) is 14.7 Å². The summed E-state index contributed by atoms with van der Waals surface area (Å²) in [4.78, 5) is 26.4. The number of amides is 1. The standard InChI is InChI=1S/C24H26N4O4/c1-32-21(24(30)31)20-15-16(6-11-19(20)23(29)28-13-2-3-14-28)5-4-12-27-18-9-7-17(8-10-18)22(25)26/h6-11,15,21,27H,2-3,12-14H2,1H3,(H3,25,26)(H,30,31). The maximum atomic E-state index is 12.9. The predicted octanol–water partition coefficient (Wildman–Crippen LogP) is 2.44. The molecule has 0 bridgehead atoms. The van der Waals surface area contributed by atoms with Gasteiger partial charge in [-0.05, 0) is 55.3 Å². The first-order valence-electron chi connectivity index (χ1n) is 10.3. The van der Waals surface area contributed by atoms with Crippen LogP contribution in [0, 0.1) is 17.3 Å². The van der Waals surface area contributed by atoms with Crippen LogP contribution in [-0.4, -0.2) is 54.5 Å². The van der Waals surface area contributed by atoms with Crippen LogP contribution in [0.5, 0.6) is 0 Å². The normalized spacial score (nSPS) is 13.7. The molecule has 8 heteroatoms. The van der Waals surface area contributed by atoms with E-state index in [0.717, 1.165) is 18.5 Å². The van der Waals surface area contributed by atoms with Crippen LogP contribution in [0.15, 0.2) is 42.5 Å². The van der Waals surface area contributed by atoms with Crippen molar-refractivity contribution in [3.63, 3.8) is 0 Å². The minimum Gasteiger partial charge on any atom is -0.479 e. The molecule has 8 nitrogen and oxygen atoms in total. The van der Waals surface area contributed by atoms with Crippen molar-refractivity contribution in [2.45, 2.75) is 18.9 Å². The van der Waals surface area contributed by atoms with E-state index in [1.807, 2.05) is 12.1 Å². The molecule has 1 atom stereocenters. The molecular formula is C24H26N4O4. The van der Waals surface area contributed by atoms with E-state index < -0.39 is 12.1 Å². The van der Waals surface area contributed by atoms with Crippen molar-refractivity contribution in [2.75, 3.05) is 32.1 Å². The molecule has 1 heterocycles. The van der Waals surface area contributed by atoms with Crippen molar-refractivity contribution in [1.82, 2.24) is 4.90 Å². The van der Waals surface area contributed by atoms with E-state index in [1.54, 1.807) is 35.2 Å². The lowest BCUT2D eigenvalue weighted by Gasteiger charge is -2.20. The number of carbonyl (C=O) groups excluding carboxylic acids is 1. The Morgan fingerprint density at radius 2 is 1.91 bits per heavy atom. The molecule has 5 N–H and O–H groups in total. The lowest BCUT2D eigenvalue weighted by Crippen LogP contribution is -2.29. The van der Waals surface area contributed by atoms with Crippen LogP contribution in [0.25, 0.3) is 0 Å². The average Bonchev–Trinajstić information content (AvgIpc) is 3.32. The topological polar surface area (TPSA) is 129 Å². The minimum absolute atomic E-state index is 0.00882. The van der Waals surface area contributed by atoms with Gasteiger partial charge in [-0.15, -0.1) is 0 Å². The zero-order chi connectivity index (χ0) is 23.1. The van der Waals surface area contributed by atoms with Gasteiger partial charge in [0, 0.05) is 48.1 Å². The Kier molecular flexibility index (Phi) is 7.47. The maximum absolute atomic E-state index is 12.9. The number of aliphatic carboxylic acids is 1. The average molecular weight is 434 g/mol. The second kappa shape index (κ2) is 10.5. The Morgan fingerprint density at radius 1 is 1.22 bits per heavy atom. The lowest BCUT2D eigenvalue weighted by atomic mass is 9.98. The fourth-order valence-electron chi connectivity index (χ4n) is 3.56. The van der Waals surface area contributed by atoms with Gasteiger partial charge in [0.1, 0.15) is 5.84 Å². The van der Waals surface area contributed by atoms with E-state index >= 15 is 0 Å². The fourth-order valence-corrected chi connectivity index (χ4v) is 3.56. The molecular weight excluding hydrogens is 408 g/mol. The van der Waals surface area contributed by atoms with Crippen molar-refractivity contribution in [1.29, 1.82) is 5.41 Å². The number of likely N-dealkylation sites (tertiary alicyclic amines) is 1. The lowest BCUT2D eigenvalue weighted by molar-refractivity contribution is -0.148. The van der Waals surface area contributed by atoms with Gasteiger partial charge in [0.15, 0.2) is 6.10 Å². The van der Waals surface area contributed by atoms with E-state index in [1.165, 1.54) is 7.11 Å². The van der Waals surface area contributed by atoms with Gasteiger partial charge in [-0.2, -0.15) is 0 Å². The van der Waals surface area contributed by atoms with Gasteiger partial charge in [0.25, 0.3) is 5.91 Å². The van der Waals surface area contributed by atoms with E-state index in [0.29, 0.717) is 41.9 Å². The zero-order valence-electron chi connectivity index (χ0n) is 17.9. The summed E-state index contributed by atoms with van der Waals surface area (Å²) in [5.74, 6) is 4.65. The first kappa shape index (κ1) is 22.8. The second-order valence-electron chi connectivity index (χ2n) is 7.40. The monoisotopic (exact) mass is 434 g/mol. The summed E-state index contributed by atoms with van der Waals surface area (Å²) in [6.45, 7) is 1.70. The first-order chi connectivity index (χ1) is 15.4. The number of amidine groups is 1. The number of ether oxygens (including phenoxy) is 1. The summed E-state index contributed by atoms with van der Waals surface area (Å²) in [6, 6.07) is 12.1. The number of carbonyl (C=O) groups is 2. The Balaban J connectivity index is 1.78. The quantitative estimate of drug-likeness (QED) is 0.301. The molecule has 0 aromatic heterocycles. The minimum atomic E-state index is -1.25. The Bertz CT molecular complexity index is 1060. The molecule has 166 valence electrons. The second-order valence-corrected chi connectivity index (χ2v) is 7.40. The maximum Gasteiger partial charge on any atom is 0.337 e. The number of carboxylic acid groups (broad SMARTS) is 1. The van der Waals surface area contributed by atoms with E-state index in [2.05, 4.69) is 17.2 Å². The van der Waals surface area contributed by atoms with Crippen LogP contribution >= 0.6 is 0 Å². The summed E-state index contributed by atoms with van der Waals surface area (Å²) in [5.41, 5.74) is 8.15. The Morgan fingerprint density at radius 3 is 2.50 bits per heavy atom. The highest BCUT2D eigenvalue weighted by Crippen LogP contribution is 2.25.